The maximum Gasteiger partial charge on any atom is 0.306 e. The maximum absolute atomic E-state index is 12.1. The van der Waals surface area contributed by atoms with Crippen LogP contribution in [0.2, 0.25) is 0 Å². The molecule has 0 aliphatic rings. The summed E-state index contributed by atoms with van der Waals surface area (Å²) in [5.74, 6) is -4.47. The molecule has 1 aromatic heterocycles. The third-order valence-corrected chi connectivity index (χ3v) is 4.65. The number of pyridine rings is 1. The van der Waals surface area contributed by atoms with Crippen LogP contribution in [0.5, 0.6) is 0 Å². The second kappa shape index (κ2) is 13.9. The first-order valence-corrected chi connectivity index (χ1v) is 10.4. The van der Waals surface area contributed by atoms with E-state index in [4.69, 9.17) is 10.2 Å². The number of rotatable bonds is 14. The van der Waals surface area contributed by atoms with Crippen molar-refractivity contribution in [1.82, 2.24) is 10.3 Å². The molecule has 0 spiro atoms. The third-order valence-electron chi connectivity index (χ3n) is 4.65. The number of nitrogens with one attached hydrogen (secondary N) is 2. The number of carboxylic acid groups (broad SMARTS) is 2. The van der Waals surface area contributed by atoms with Crippen molar-refractivity contribution in [3.05, 3.63) is 39.8 Å². The highest BCUT2D eigenvalue weighted by Gasteiger charge is 2.19. The van der Waals surface area contributed by atoms with E-state index in [1.807, 2.05) is 11.4 Å². The summed E-state index contributed by atoms with van der Waals surface area (Å²) in [6, 6.07) is 1.26. The summed E-state index contributed by atoms with van der Waals surface area (Å²) in [5.41, 5.74) is -0.242. The molecule has 1 atom stereocenters. The molecule has 0 fully saturated rings. The molecule has 0 saturated heterocycles. The predicted molar refractivity (Wildman–Crippen MR) is 115 cm³/mol. The Morgan fingerprint density at radius 2 is 1.71 bits per heavy atom. The van der Waals surface area contributed by atoms with E-state index >= 15 is 0 Å². The first-order valence-electron chi connectivity index (χ1n) is 10.4. The SMILES string of the molecule is C[C@H](CC(=O)NC(=O)c1c[nH]c(/C=C/CCCCCCCCC(=O)O)cc1=O)C(=O)O. The van der Waals surface area contributed by atoms with Crippen LogP contribution < -0.4 is 10.7 Å². The lowest BCUT2D eigenvalue weighted by molar-refractivity contribution is -0.143. The molecule has 0 aliphatic heterocycles. The molecular formula is C22H30N2O7. The molecule has 31 heavy (non-hydrogen) atoms. The van der Waals surface area contributed by atoms with Crippen LogP contribution in [0.25, 0.3) is 6.08 Å². The molecule has 0 unspecified atom stereocenters. The Morgan fingerprint density at radius 1 is 1.06 bits per heavy atom. The van der Waals surface area contributed by atoms with Gasteiger partial charge in [0, 0.05) is 30.8 Å². The number of carbonyl (C=O) groups is 4. The van der Waals surface area contributed by atoms with Gasteiger partial charge < -0.3 is 15.2 Å². The van der Waals surface area contributed by atoms with E-state index in [1.165, 1.54) is 19.2 Å². The molecule has 0 saturated carbocycles. The molecular weight excluding hydrogens is 404 g/mol. The van der Waals surface area contributed by atoms with Gasteiger partial charge in [-0.3, -0.25) is 29.3 Å². The van der Waals surface area contributed by atoms with E-state index in [-0.39, 0.29) is 18.4 Å². The standard InChI is InChI=1S/C22H30N2O7/c1-15(22(30)31)12-19(26)24-21(29)17-14-23-16(13-18(17)25)10-8-6-4-2-3-5-7-9-11-20(27)28/h8,10,13-15H,2-7,9,11-12H2,1H3,(H,23,25)(H,27,28)(H,30,31)(H,24,26,29)/b10-8+/t15-/m1/s1. The largest absolute Gasteiger partial charge is 0.481 e. The number of amides is 2. The van der Waals surface area contributed by atoms with Gasteiger partial charge in [0.15, 0.2) is 5.43 Å². The van der Waals surface area contributed by atoms with Crippen molar-refractivity contribution < 1.29 is 29.4 Å². The predicted octanol–water partition coefficient (Wildman–Crippen LogP) is 2.96. The quantitative estimate of drug-likeness (QED) is 0.328. The number of allylic oxidation sites excluding steroid dienone is 1. The number of aromatic nitrogens is 1. The van der Waals surface area contributed by atoms with Gasteiger partial charge in [-0.2, -0.15) is 0 Å². The lowest BCUT2D eigenvalue weighted by atomic mass is 10.1. The minimum Gasteiger partial charge on any atom is -0.481 e. The third kappa shape index (κ3) is 10.9. The van der Waals surface area contributed by atoms with Gasteiger partial charge in [0.05, 0.1) is 5.92 Å². The zero-order valence-corrected chi connectivity index (χ0v) is 17.7. The summed E-state index contributed by atoms with van der Waals surface area (Å²) in [5, 5.41) is 19.4. The minimum absolute atomic E-state index is 0.224. The molecule has 170 valence electrons. The van der Waals surface area contributed by atoms with E-state index in [1.54, 1.807) is 6.08 Å². The number of carbonyl (C=O) groups excluding carboxylic acids is 2. The number of hydrogen-bond acceptors (Lipinski definition) is 5. The van der Waals surface area contributed by atoms with E-state index in [0.29, 0.717) is 12.1 Å². The molecule has 0 radical (unpaired) electrons. The number of carboxylic acids is 2. The molecule has 1 aromatic rings. The second-order valence-electron chi connectivity index (χ2n) is 7.44. The van der Waals surface area contributed by atoms with Crippen LogP contribution >= 0.6 is 0 Å². The summed E-state index contributed by atoms with van der Waals surface area (Å²) >= 11 is 0. The van der Waals surface area contributed by atoms with Crippen molar-refractivity contribution in [2.45, 2.75) is 64.7 Å². The molecule has 1 rings (SSSR count). The number of unbranched alkanes of at least 4 members (excludes halogenated alkanes) is 6. The Hall–Kier alpha value is -3.23. The lowest BCUT2D eigenvalue weighted by Gasteiger charge is -2.06. The van der Waals surface area contributed by atoms with Crippen LogP contribution in [-0.4, -0.2) is 39.0 Å². The Kier molecular flexibility index (Phi) is 11.6. The fraction of sp³-hybridized carbons (Fsp3) is 0.500. The minimum atomic E-state index is -1.15. The highest BCUT2D eigenvalue weighted by atomic mass is 16.4. The number of aromatic amines is 1. The number of H-pyrrole nitrogens is 1. The van der Waals surface area contributed by atoms with E-state index in [2.05, 4.69) is 4.98 Å². The zero-order chi connectivity index (χ0) is 23.2. The van der Waals surface area contributed by atoms with Gasteiger partial charge in [0.1, 0.15) is 5.56 Å². The van der Waals surface area contributed by atoms with Crippen molar-refractivity contribution in [3.63, 3.8) is 0 Å². The summed E-state index contributed by atoms with van der Waals surface area (Å²) < 4.78 is 0. The fourth-order valence-corrected chi connectivity index (χ4v) is 2.83. The number of aliphatic carboxylic acids is 2. The monoisotopic (exact) mass is 434 g/mol. The highest BCUT2D eigenvalue weighted by Crippen LogP contribution is 2.09. The Morgan fingerprint density at radius 3 is 2.32 bits per heavy atom. The van der Waals surface area contributed by atoms with Crippen LogP contribution in [0.4, 0.5) is 0 Å². The Labute approximate surface area is 180 Å². The van der Waals surface area contributed by atoms with E-state index in [9.17, 15) is 24.0 Å². The maximum atomic E-state index is 12.1. The van der Waals surface area contributed by atoms with Gasteiger partial charge in [0.25, 0.3) is 5.91 Å². The van der Waals surface area contributed by atoms with E-state index < -0.39 is 35.1 Å². The van der Waals surface area contributed by atoms with Crippen LogP contribution in [0.1, 0.15) is 80.8 Å². The lowest BCUT2D eigenvalue weighted by Crippen LogP contribution is -2.35. The van der Waals surface area contributed by atoms with E-state index in [0.717, 1.165) is 38.5 Å². The summed E-state index contributed by atoms with van der Waals surface area (Å²) in [6.07, 6.45) is 11.3. The fourth-order valence-electron chi connectivity index (χ4n) is 2.83. The van der Waals surface area contributed by atoms with Crippen molar-refractivity contribution >= 4 is 29.8 Å². The summed E-state index contributed by atoms with van der Waals surface area (Å²) in [7, 11) is 0. The molecule has 9 heteroatoms. The normalized spacial score (nSPS) is 11.9. The molecule has 9 nitrogen and oxygen atoms in total. The molecule has 0 bridgehead atoms. The van der Waals surface area contributed by atoms with Crippen LogP contribution in [0.15, 0.2) is 23.1 Å². The van der Waals surface area contributed by atoms with Gasteiger partial charge in [-0.15, -0.1) is 0 Å². The molecule has 1 heterocycles. The molecule has 2 amide bonds. The van der Waals surface area contributed by atoms with Crippen molar-refractivity contribution in [1.29, 1.82) is 0 Å². The second-order valence-corrected chi connectivity index (χ2v) is 7.44. The smallest absolute Gasteiger partial charge is 0.306 e. The molecule has 0 aromatic carbocycles. The van der Waals surface area contributed by atoms with Crippen molar-refractivity contribution in [2.24, 2.45) is 5.92 Å². The topological polar surface area (TPSA) is 154 Å². The Bertz CT molecular complexity index is 858. The summed E-state index contributed by atoms with van der Waals surface area (Å²) in [4.78, 5) is 59.9. The zero-order valence-electron chi connectivity index (χ0n) is 17.7. The molecule has 0 aliphatic carbocycles. The van der Waals surface area contributed by atoms with Crippen LogP contribution in [0, 0.1) is 5.92 Å². The van der Waals surface area contributed by atoms with Crippen LogP contribution in [-0.2, 0) is 14.4 Å². The average molecular weight is 434 g/mol. The van der Waals surface area contributed by atoms with Gasteiger partial charge in [-0.05, 0) is 25.3 Å². The summed E-state index contributed by atoms with van der Waals surface area (Å²) in [6.45, 7) is 1.35. The first kappa shape index (κ1) is 25.8. The van der Waals surface area contributed by atoms with Crippen molar-refractivity contribution in [3.8, 4) is 0 Å². The van der Waals surface area contributed by atoms with Crippen molar-refractivity contribution in [2.75, 3.05) is 0 Å². The molecule has 4 N–H and O–H groups in total. The average Bonchev–Trinajstić information content (AvgIpc) is 2.68. The first-order chi connectivity index (χ1) is 14.7. The van der Waals surface area contributed by atoms with Gasteiger partial charge in [-0.25, -0.2) is 0 Å². The van der Waals surface area contributed by atoms with Gasteiger partial charge >= 0.3 is 11.9 Å². The number of hydrogen-bond donors (Lipinski definition) is 4. The van der Waals surface area contributed by atoms with Gasteiger partial charge in [0.2, 0.25) is 5.91 Å². The van der Waals surface area contributed by atoms with Crippen LogP contribution in [0.3, 0.4) is 0 Å². The Balaban J connectivity index is 2.38. The van der Waals surface area contributed by atoms with Gasteiger partial charge in [-0.1, -0.05) is 38.7 Å². The number of imide groups is 1. The highest BCUT2D eigenvalue weighted by molar-refractivity contribution is 6.05.